The monoisotopic (exact) mass is 289 g/mol. The second kappa shape index (κ2) is 6.54. The van der Waals surface area contributed by atoms with Gasteiger partial charge < -0.3 is 5.32 Å². The van der Waals surface area contributed by atoms with Gasteiger partial charge in [-0.2, -0.15) is 0 Å². The Bertz CT molecular complexity index is 479. The second-order valence-electron chi connectivity index (χ2n) is 6.35. The van der Waals surface area contributed by atoms with E-state index in [1.807, 2.05) is 12.1 Å². The summed E-state index contributed by atoms with van der Waals surface area (Å²) < 4.78 is 0. The molecule has 1 N–H and O–H groups in total. The molecule has 1 aliphatic carbocycles. The van der Waals surface area contributed by atoms with Gasteiger partial charge in [0.05, 0.1) is 4.92 Å². The normalized spacial score (nSPS) is 21.9. The number of nitrogens with one attached hydrogen (secondary N) is 1. The van der Waals surface area contributed by atoms with Crippen molar-refractivity contribution in [1.82, 2.24) is 10.2 Å². The highest BCUT2D eigenvalue weighted by molar-refractivity contribution is 5.32. The van der Waals surface area contributed by atoms with Crippen molar-refractivity contribution in [3.8, 4) is 0 Å². The fourth-order valence-electron chi connectivity index (χ4n) is 3.07. The van der Waals surface area contributed by atoms with Crippen LogP contribution in [-0.2, 0) is 6.54 Å². The average Bonchev–Trinajstić information content (AvgIpc) is 3.13. The molecule has 5 heteroatoms. The summed E-state index contributed by atoms with van der Waals surface area (Å²) in [6.45, 7) is 4.29. The highest BCUT2D eigenvalue weighted by Gasteiger charge is 2.26. The third-order valence-corrected chi connectivity index (χ3v) is 4.41. The Kier molecular flexibility index (Phi) is 4.51. The quantitative estimate of drug-likeness (QED) is 0.619. The lowest BCUT2D eigenvalue weighted by Crippen LogP contribution is -2.38. The number of benzene rings is 1. The van der Waals surface area contributed by atoms with Gasteiger partial charge in [0, 0.05) is 37.8 Å². The van der Waals surface area contributed by atoms with Crippen LogP contribution in [0.25, 0.3) is 0 Å². The van der Waals surface area contributed by atoms with Crippen molar-refractivity contribution in [3.63, 3.8) is 0 Å². The molecular formula is C16H23N3O2. The Hall–Kier alpha value is -1.46. The summed E-state index contributed by atoms with van der Waals surface area (Å²) >= 11 is 0. The molecule has 1 aliphatic heterocycles. The molecule has 0 spiro atoms. The largest absolute Gasteiger partial charge is 0.313 e. The summed E-state index contributed by atoms with van der Waals surface area (Å²) in [5.41, 5.74) is 1.34. The van der Waals surface area contributed by atoms with E-state index >= 15 is 0 Å². The Morgan fingerprint density at radius 3 is 2.52 bits per heavy atom. The van der Waals surface area contributed by atoms with Crippen LogP contribution in [0.2, 0.25) is 0 Å². The summed E-state index contributed by atoms with van der Waals surface area (Å²) in [6.07, 6.45) is 5.25. The van der Waals surface area contributed by atoms with E-state index in [1.54, 1.807) is 12.1 Å². The van der Waals surface area contributed by atoms with Crippen LogP contribution < -0.4 is 5.32 Å². The van der Waals surface area contributed by atoms with Gasteiger partial charge in [-0.3, -0.25) is 15.0 Å². The van der Waals surface area contributed by atoms with Crippen molar-refractivity contribution in [2.24, 2.45) is 5.92 Å². The molecule has 1 unspecified atom stereocenters. The van der Waals surface area contributed by atoms with Crippen LogP contribution in [0.5, 0.6) is 0 Å². The summed E-state index contributed by atoms with van der Waals surface area (Å²) in [7, 11) is 0. The predicted molar refractivity (Wildman–Crippen MR) is 82.1 cm³/mol. The predicted octanol–water partition coefficient (Wildman–Crippen LogP) is 2.56. The van der Waals surface area contributed by atoms with Crippen molar-refractivity contribution in [3.05, 3.63) is 39.9 Å². The maximum absolute atomic E-state index is 10.7. The zero-order chi connectivity index (χ0) is 14.7. The molecule has 0 amide bonds. The summed E-state index contributed by atoms with van der Waals surface area (Å²) in [4.78, 5) is 12.9. The fourth-order valence-corrected chi connectivity index (χ4v) is 3.07. The standard InChI is InChI=1S/C16H23N3O2/c20-19(21)16-7-5-14(6-8-16)11-18(10-13-3-4-13)12-15-2-1-9-17-15/h5-8,13,15,17H,1-4,9-12H2. The molecule has 3 rings (SSSR count). The first-order chi connectivity index (χ1) is 10.2. The zero-order valence-corrected chi connectivity index (χ0v) is 12.3. The van der Waals surface area contributed by atoms with E-state index in [0.717, 1.165) is 32.1 Å². The summed E-state index contributed by atoms with van der Waals surface area (Å²) in [5.74, 6) is 0.865. The highest BCUT2D eigenvalue weighted by atomic mass is 16.6. The van der Waals surface area contributed by atoms with Crippen molar-refractivity contribution in [2.45, 2.75) is 38.3 Å². The minimum atomic E-state index is -0.339. The molecule has 21 heavy (non-hydrogen) atoms. The van der Waals surface area contributed by atoms with E-state index in [9.17, 15) is 10.1 Å². The van der Waals surface area contributed by atoms with E-state index in [4.69, 9.17) is 0 Å². The van der Waals surface area contributed by atoms with E-state index in [-0.39, 0.29) is 10.6 Å². The van der Waals surface area contributed by atoms with Gasteiger partial charge >= 0.3 is 0 Å². The average molecular weight is 289 g/mol. The number of non-ortho nitro benzene ring substituents is 1. The van der Waals surface area contributed by atoms with Gasteiger partial charge in [-0.05, 0) is 43.7 Å². The molecule has 2 fully saturated rings. The lowest BCUT2D eigenvalue weighted by atomic mass is 10.1. The molecule has 1 aromatic rings. The molecule has 1 saturated heterocycles. The Balaban J connectivity index is 1.60. The van der Waals surface area contributed by atoms with Crippen LogP contribution in [0, 0.1) is 16.0 Å². The Morgan fingerprint density at radius 2 is 1.95 bits per heavy atom. The summed E-state index contributed by atoms with van der Waals surface area (Å²) in [6, 6.07) is 7.61. The minimum Gasteiger partial charge on any atom is -0.313 e. The number of rotatable bonds is 7. The highest BCUT2D eigenvalue weighted by Crippen LogP contribution is 2.30. The molecule has 0 aromatic heterocycles. The van der Waals surface area contributed by atoms with Crippen LogP contribution in [0.1, 0.15) is 31.2 Å². The lowest BCUT2D eigenvalue weighted by Gasteiger charge is -2.25. The Morgan fingerprint density at radius 1 is 1.19 bits per heavy atom. The molecule has 5 nitrogen and oxygen atoms in total. The molecule has 1 saturated carbocycles. The smallest absolute Gasteiger partial charge is 0.269 e. The van der Waals surface area contributed by atoms with Gasteiger partial charge in [0.2, 0.25) is 0 Å². The van der Waals surface area contributed by atoms with Crippen LogP contribution in [-0.4, -0.2) is 35.5 Å². The third kappa shape index (κ3) is 4.25. The maximum Gasteiger partial charge on any atom is 0.269 e. The van der Waals surface area contributed by atoms with E-state index in [2.05, 4.69) is 10.2 Å². The van der Waals surface area contributed by atoms with Crippen LogP contribution in [0.3, 0.4) is 0 Å². The van der Waals surface area contributed by atoms with Crippen LogP contribution in [0.4, 0.5) is 5.69 Å². The van der Waals surface area contributed by atoms with E-state index in [0.29, 0.717) is 6.04 Å². The van der Waals surface area contributed by atoms with Crippen molar-refractivity contribution in [2.75, 3.05) is 19.6 Å². The van der Waals surface area contributed by atoms with E-state index in [1.165, 1.54) is 31.2 Å². The van der Waals surface area contributed by atoms with Gasteiger partial charge in [0.1, 0.15) is 0 Å². The Labute approximate surface area is 125 Å². The summed E-state index contributed by atoms with van der Waals surface area (Å²) in [5, 5.41) is 14.3. The first-order valence-corrected chi connectivity index (χ1v) is 7.90. The van der Waals surface area contributed by atoms with Crippen molar-refractivity contribution in [1.29, 1.82) is 0 Å². The van der Waals surface area contributed by atoms with Crippen molar-refractivity contribution >= 4 is 5.69 Å². The number of hydrogen-bond donors (Lipinski definition) is 1. The number of nitro groups is 1. The lowest BCUT2D eigenvalue weighted by molar-refractivity contribution is -0.384. The van der Waals surface area contributed by atoms with Gasteiger partial charge in [-0.25, -0.2) is 0 Å². The van der Waals surface area contributed by atoms with Crippen molar-refractivity contribution < 1.29 is 4.92 Å². The second-order valence-corrected chi connectivity index (χ2v) is 6.35. The van der Waals surface area contributed by atoms with Gasteiger partial charge in [0.15, 0.2) is 0 Å². The molecule has 1 atom stereocenters. The maximum atomic E-state index is 10.7. The van der Waals surface area contributed by atoms with Crippen LogP contribution in [0.15, 0.2) is 24.3 Å². The molecule has 1 heterocycles. The minimum absolute atomic E-state index is 0.171. The molecule has 0 bridgehead atoms. The van der Waals surface area contributed by atoms with Crippen LogP contribution >= 0.6 is 0 Å². The molecule has 1 aromatic carbocycles. The van der Waals surface area contributed by atoms with E-state index < -0.39 is 0 Å². The SMILES string of the molecule is O=[N+]([O-])c1ccc(CN(CC2CC2)CC2CCCN2)cc1. The number of hydrogen-bond acceptors (Lipinski definition) is 4. The number of nitro benzene ring substituents is 1. The van der Waals surface area contributed by atoms with Gasteiger partial charge in [-0.1, -0.05) is 12.1 Å². The molecule has 114 valence electrons. The van der Waals surface area contributed by atoms with Gasteiger partial charge in [-0.15, -0.1) is 0 Å². The molecule has 2 aliphatic rings. The van der Waals surface area contributed by atoms with Gasteiger partial charge in [0.25, 0.3) is 5.69 Å². The third-order valence-electron chi connectivity index (χ3n) is 4.41. The zero-order valence-electron chi connectivity index (χ0n) is 12.3. The first kappa shape index (κ1) is 14.5. The first-order valence-electron chi connectivity index (χ1n) is 7.90. The molecular weight excluding hydrogens is 266 g/mol. The topological polar surface area (TPSA) is 58.4 Å². The molecule has 0 radical (unpaired) electrons. The fraction of sp³-hybridized carbons (Fsp3) is 0.625. The number of nitrogens with zero attached hydrogens (tertiary/aromatic N) is 2.